The van der Waals surface area contributed by atoms with Crippen molar-refractivity contribution in [3.63, 3.8) is 0 Å². The topological polar surface area (TPSA) is 71.1 Å². The molecule has 1 aromatic heterocycles. The summed E-state index contributed by atoms with van der Waals surface area (Å²) in [6.07, 6.45) is 1.49. The van der Waals surface area contributed by atoms with Gasteiger partial charge in [-0.15, -0.1) is 0 Å². The van der Waals surface area contributed by atoms with E-state index in [-0.39, 0.29) is 10.8 Å². The Morgan fingerprint density at radius 2 is 2.05 bits per heavy atom. The van der Waals surface area contributed by atoms with Gasteiger partial charge in [0.25, 0.3) is 10.0 Å². The van der Waals surface area contributed by atoms with Crippen LogP contribution in [-0.4, -0.2) is 25.9 Å². The molecule has 1 saturated heterocycles. The number of nitrogens with zero attached hydrogens (tertiary/aromatic N) is 1. The van der Waals surface area contributed by atoms with E-state index < -0.39 is 10.0 Å². The zero-order valence-electron chi connectivity index (χ0n) is 11.0. The summed E-state index contributed by atoms with van der Waals surface area (Å²) in [6, 6.07) is 8.07. The summed E-state index contributed by atoms with van der Waals surface area (Å²) < 4.78 is 31.4. The average molecular weight is 388 g/mol. The predicted octanol–water partition coefficient (Wildman–Crippen LogP) is 2.07. The molecular weight excluding hydrogens is 374 g/mol. The molecule has 0 spiro atoms. The Morgan fingerprint density at radius 1 is 1.33 bits per heavy atom. The Kier molecular flexibility index (Phi) is 4.41. The van der Waals surface area contributed by atoms with Crippen LogP contribution in [0.3, 0.4) is 0 Å². The van der Waals surface area contributed by atoms with Crippen LogP contribution in [0.15, 0.2) is 39.1 Å². The lowest BCUT2D eigenvalue weighted by atomic mass is 9.93. The molecule has 2 heterocycles. The van der Waals surface area contributed by atoms with E-state index in [2.05, 4.69) is 42.5 Å². The molecule has 0 unspecified atom stereocenters. The standard InChI is InChI=1S/C13H14BrN3O2S2/c14-12-8-16-20-13(12)21(18,19)17-5-9-1-3-10(4-2-9)11-6-15-7-11/h1-4,8,11,15,17H,5-7H2. The molecule has 0 aliphatic carbocycles. The van der Waals surface area contributed by atoms with Crippen LogP contribution in [0.4, 0.5) is 0 Å². The van der Waals surface area contributed by atoms with Gasteiger partial charge < -0.3 is 5.32 Å². The van der Waals surface area contributed by atoms with Crippen LogP contribution in [0.5, 0.6) is 0 Å². The molecule has 1 aromatic carbocycles. The lowest BCUT2D eigenvalue weighted by molar-refractivity contribution is 0.448. The van der Waals surface area contributed by atoms with Gasteiger partial charge in [0.05, 0.1) is 10.7 Å². The van der Waals surface area contributed by atoms with Gasteiger partial charge in [-0.1, -0.05) is 24.3 Å². The van der Waals surface area contributed by atoms with E-state index in [0.717, 1.165) is 30.2 Å². The minimum Gasteiger partial charge on any atom is -0.315 e. The van der Waals surface area contributed by atoms with E-state index in [1.165, 1.54) is 11.8 Å². The van der Waals surface area contributed by atoms with Crippen molar-refractivity contribution >= 4 is 37.5 Å². The molecular formula is C13H14BrN3O2S2. The first-order valence-electron chi connectivity index (χ1n) is 6.45. The molecule has 0 saturated carbocycles. The average Bonchev–Trinajstić information content (AvgIpc) is 2.83. The van der Waals surface area contributed by atoms with E-state index in [4.69, 9.17) is 0 Å². The van der Waals surface area contributed by atoms with Crippen LogP contribution in [0.2, 0.25) is 0 Å². The molecule has 1 aliphatic rings. The predicted molar refractivity (Wildman–Crippen MR) is 85.9 cm³/mol. The summed E-state index contributed by atoms with van der Waals surface area (Å²) in [6.45, 7) is 2.31. The third-order valence-corrected chi connectivity index (χ3v) is 7.28. The zero-order chi connectivity index (χ0) is 14.9. The molecule has 21 heavy (non-hydrogen) atoms. The molecule has 0 amide bonds. The van der Waals surface area contributed by atoms with E-state index in [0.29, 0.717) is 10.4 Å². The maximum absolute atomic E-state index is 12.1. The second-order valence-electron chi connectivity index (χ2n) is 4.88. The fraction of sp³-hybridized carbons (Fsp3) is 0.308. The van der Waals surface area contributed by atoms with Crippen molar-refractivity contribution in [2.24, 2.45) is 0 Å². The van der Waals surface area contributed by atoms with E-state index in [1.54, 1.807) is 0 Å². The number of sulfonamides is 1. The van der Waals surface area contributed by atoms with Crippen LogP contribution in [0.25, 0.3) is 0 Å². The lowest BCUT2D eigenvalue weighted by Gasteiger charge is -2.27. The number of halogens is 1. The summed E-state index contributed by atoms with van der Waals surface area (Å²) in [4.78, 5) is 0. The van der Waals surface area contributed by atoms with Gasteiger partial charge in [0.2, 0.25) is 0 Å². The summed E-state index contributed by atoms with van der Waals surface area (Å²) in [5.74, 6) is 0.587. The van der Waals surface area contributed by atoms with Crippen molar-refractivity contribution in [2.45, 2.75) is 16.7 Å². The van der Waals surface area contributed by atoms with Crippen LogP contribution >= 0.6 is 27.5 Å². The fourth-order valence-corrected chi connectivity index (χ4v) is 5.05. The summed E-state index contributed by atoms with van der Waals surface area (Å²) in [5.41, 5.74) is 2.24. The molecule has 5 nitrogen and oxygen atoms in total. The minimum absolute atomic E-state index is 0.208. The Labute approximate surface area is 136 Å². The van der Waals surface area contributed by atoms with Gasteiger partial charge in [-0.2, -0.15) is 4.37 Å². The molecule has 1 fully saturated rings. The first kappa shape index (κ1) is 15.1. The third-order valence-electron chi connectivity index (χ3n) is 3.44. The van der Waals surface area contributed by atoms with E-state index >= 15 is 0 Å². The molecule has 0 atom stereocenters. The van der Waals surface area contributed by atoms with Crippen LogP contribution in [0, 0.1) is 0 Å². The monoisotopic (exact) mass is 387 g/mol. The van der Waals surface area contributed by atoms with Gasteiger partial charge >= 0.3 is 0 Å². The number of benzene rings is 1. The maximum Gasteiger partial charge on any atom is 0.253 e. The number of nitrogens with one attached hydrogen (secondary N) is 2. The molecule has 0 radical (unpaired) electrons. The third kappa shape index (κ3) is 3.35. The Hall–Kier alpha value is -0.800. The Morgan fingerprint density at radius 3 is 2.57 bits per heavy atom. The Balaban J connectivity index is 1.66. The van der Waals surface area contributed by atoms with Gasteiger partial charge in [-0.05, 0) is 38.6 Å². The van der Waals surface area contributed by atoms with Crippen molar-refractivity contribution in [1.82, 2.24) is 14.4 Å². The molecule has 112 valence electrons. The van der Waals surface area contributed by atoms with Gasteiger partial charge in [0.15, 0.2) is 4.21 Å². The highest BCUT2D eigenvalue weighted by Crippen LogP contribution is 2.25. The van der Waals surface area contributed by atoms with Gasteiger partial charge in [0, 0.05) is 25.6 Å². The first-order chi connectivity index (χ1) is 10.1. The van der Waals surface area contributed by atoms with Crippen molar-refractivity contribution < 1.29 is 8.42 Å². The van der Waals surface area contributed by atoms with Crippen molar-refractivity contribution in [2.75, 3.05) is 13.1 Å². The maximum atomic E-state index is 12.1. The minimum atomic E-state index is -3.52. The molecule has 1 aliphatic heterocycles. The Bertz CT molecular complexity index is 724. The number of aromatic nitrogens is 1. The highest BCUT2D eigenvalue weighted by molar-refractivity contribution is 9.10. The molecule has 3 rings (SSSR count). The fourth-order valence-electron chi connectivity index (χ4n) is 2.07. The second-order valence-corrected chi connectivity index (χ2v) is 8.50. The molecule has 2 aromatic rings. The largest absolute Gasteiger partial charge is 0.315 e. The smallest absolute Gasteiger partial charge is 0.253 e. The van der Waals surface area contributed by atoms with Gasteiger partial charge in [0.1, 0.15) is 0 Å². The molecule has 8 heteroatoms. The quantitative estimate of drug-likeness (QED) is 0.823. The van der Waals surface area contributed by atoms with Crippen molar-refractivity contribution in [1.29, 1.82) is 0 Å². The normalized spacial score (nSPS) is 15.9. The molecule has 0 bridgehead atoms. The van der Waals surface area contributed by atoms with Gasteiger partial charge in [-0.3, -0.25) is 0 Å². The molecule has 2 N–H and O–H groups in total. The highest BCUT2D eigenvalue weighted by atomic mass is 79.9. The number of rotatable bonds is 5. The van der Waals surface area contributed by atoms with Crippen LogP contribution in [0.1, 0.15) is 17.0 Å². The first-order valence-corrected chi connectivity index (χ1v) is 9.50. The number of hydrogen-bond acceptors (Lipinski definition) is 5. The van der Waals surface area contributed by atoms with Crippen molar-refractivity contribution in [3.8, 4) is 0 Å². The second kappa shape index (κ2) is 6.13. The SMILES string of the molecule is O=S(=O)(NCc1ccc(C2CNC2)cc1)c1sncc1Br. The van der Waals surface area contributed by atoms with Crippen molar-refractivity contribution in [3.05, 3.63) is 46.1 Å². The van der Waals surface area contributed by atoms with Gasteiger partial charge in [-0.25, -0.2) is 13.1 Å². The van der Waals surface area contributed by atoms with Crippen LogP contribution < -0.4 is 10.0 Å². The summed E-state index contributed by atoms with van der Waals surface area (Å²) in [7, 11) is -3.52. The van der Waals surface area contributed by atoms with Crippen LogP contribution in [-0.2, 0) is 16.6 Å². The van der Waals surface area contributed by atoms with E-state index in [9.17, 15) is 8.42 Å². The lowest BCUT2D eigenvalue weighted by Crippen LogP contribution is -2.39. The number of hydrogen-bond donors (Lipinski definition) is 2. The zero-order valence-corrected chi connectivity index (χ0v) is 14.3. The van der Waals surface area contributed by atoms with E-state index in [1.807, 2.05) is 12.1 Å². The highest BCUT2D eigenvalue weighted by Gasteiger charge is 2.20. The summed E-state index contributed by atoms with van der Waals surface area (Å²) in [5, 5.41) is 3.24. The summed E-state index contributed by atoms with van der Waals surface area (Å²) >= 11 is 4.15.